The Morgan fingerprint density at radius 1 is 1.20 bits per heavy atom. The zero-order chi connectivity index (χ0) is 18.4. The SMILES string of the molecule is COc1ccc(NC(=O)/C(C#N)=C/c2cc(Br)ccc2F)cc1OC. The zero-order valence-electron chi connectivity index (χ0n) is 13.5. The van der Waals surface area contributed by atoms with Crippen LogP contribution < -0.4 is 14.8 Å². The molecule has 0 saturated carbocycles. The molecule has 0 fully saturated rings. The second-order valence-electron chi connectivity index (χ2n) is 4.86. The predicted octanol–water partition coefficient (Wildman–Crippen LogP) is 4.15. The number of ether oxygens (including phenoxy) is 2. The van der Waals surface area contributed by atoms with Crippen molar-refractivity contribution in [3.05, 3.63) is 57.8 Å². The van der Waals surface area contributed by atoms with Gasteiger partial charge < -0.3 is 14.8 Å². The number of hydrogen-bond donors (Lipinski definition) is 1. The van der Waals surface area contributed by atoms with Crippen molar-refractivity contribution < 1.29 is 18.7 Å². The Morgan fingerprint density at radius 3 is 2.56 bits per heavy atom. The van der Waals surface area contributed by atoms with Crippen LogP contribution in [0.4, 0.5) is 10.1 Å². The predicted molar refractivity (Wildman–Crippen MR) is 95.9 cm³/mol. The van der Waals surface area contributed by atoms with Crippen molar-refractivity contribution in [3.63, 3.8) is 0 Å². The van der Waals surface area contributed by atoms with E-state index in [4.69, 9.17) is 9.47 Å². The van der Waals surface area contributed by atoms with E-state index in [2.05, 4.69) is 21.2 Å². The molecular formula is C18H14BrFN2O3. The van der Waals surface area contributed by atoms with Gasteiger partial charge in [-0.15, -0.1) is 0 Å². The molecule has 0 heterocycles. The van der Waals surface area contributed by atoms with Gasteiger partial charge in [-0.1, -0.05) is 15.9 Å². The lowest BCUT2D eigenvalue weighted by molar-refractivity contribution is -0.112. The molecule has 0 bridgehead atoms. The van der Waals surface area contributed by atoms with E-state index < -0.39 is 11.7 Å². The van der Waals surface area contributed by atoms with E-state index in [1.807, 2.05) is 0 Å². The fourth-order valence-electron chi connectivity index (χ4n) is 2.04. The standard InChI is InChI=1S/C18H14BrFN2O3/c1-24-16-6-4-14(9-17(16)25-2)22-18(23)12(10-21)7-11-8-13(19)3-5-15(11)20/h3-9H,1-2H3,(H,22,23)/b12-7+. The van der Waals surface area contributed by atoms with Crippen molar-refractivity contribution in [1.82, 2.24) is 0 Å². The van der Waals surface area contributed by atoms with Crippen LogP contribution in [-0.2, 0) is 4.79 Å². The van der Waals surface area contributed by atoms with E-state index in [1.54, 1.807) is 24.3 Å². The largest absolute Gasteiger partial charge is 0.493 e. The van der Waals surface area contributed by atoms with Gasteiger partial charge in [-0.05, 0) is 36.4 Å². The highest BCUT2D eigenvalue weighted by atomic mass is 79.9. The van der Waals surface area contributed by atoms with Crippen molar-refractivity contribution >= 4 is 33.6 Å². The average Bonchev–Trinajstić information content (AvgIpc) is 2.62. The van der Waals surface area contributed by atoms with Gasteiger partial charge in [0.2, 0.25) is 0 Å². The summed E-state index contributed by atoms with van der Waals surface area (Å²) in [5, 5.41) is 11.8. The number of hydrogen-bond acceptors (Lipinski definition) is 4. The van der Waals surface area contributed by atoms with Crippen LogP contribution in [0.3, 0.4) is 0 Å². The average molecular weight is 405 g/mol. The molecule has 7 heteroatoms. The molecule has 0 aromatic heterocycles. The van der Waals surface area contributed by atoms with E-state index in [9.17, 15) is 14.4 Å². The summed E-state index contributed by atoms with van der Waals surface area (Å²) in [7, 11) is 2.97. The highest BCUT2D eigenvalue weighted by molar-refractivity contribution is 9.10. The summed E-state index contributed by atoms with van der Waals surface area (Å²) < 4.78 is 24.7. The summed E-state index contributed by atoms with van der Waals surface area (Å²) in [5.74, 6) is -0.252. The smallest absolute Gasteiger partial charge is 0.266 e. The van der Waals surface area contributed by atoms with E-state index in [0.29, 0.717) is 21.7 Å². The van der Waals surface area contributed by atoms with Gasteiger partial charge in [-0.2, -0.15) is 5.26 Å². The number of nitrogens with zero attached hydrogens (tertiary/aromatic N) is 1. The highest BCUT2D eigenvalue weighted by Gasteiger charge is 2.13. The Labute approximate surface area is 152 Å². The molecule has 0 aliphatic rings. The first-order valence-electron chi connectivity index (χ1n) is 7.08. The summed E-state index contributed by atoms with van der Waals surface area (Å²) in [4.78, 5) is 12.3. The molecule has 2 rings (SSSR count). The van der Waals surface area contributed by atoms with Gasteiger partial charge in [-0.25, -0.2) is 4.39 Å². The number of anilines is 1. The quantitative estimate of drug-likeness (QED) is 0.599. The number of carbonyl (C=O) groups is 1. The summed E-state index contributed by atoms with van der Waals surface area (Å²) in [5.41, 5.74) is 0.318. The number of halogens is 2. The fourth-order valence-corrected chi connectivity index (χ4v) is 2.42. The number of amides is 1. The number of carbonyl (C=O) groups excluding carboxylic acids is 1. The van der Waals surface area contributed by atoms with E-state index >= 15 is 0 Å². The first-order chi connectivity index (χ1) is 12.0. The highest BCUT2D eigenvalue weighted by Crippen LogP contribution is 2.30. The molecule has 0 atom stereocenters. The first-order valence-corrected chi connectivity index (χ1v) is 7.88. The second kappa shape index (κ2) is 8.31. The Balaban J connectivity index is 2.28. The molecule has 0 aliphatic heterocycles. The third-order valence-corrected chi connectivity index (χ3v) is 3.76. The molecule has 0 aliphatic carbocycles. The molecule has 0 saturated heterocycles. The Kier molecular flexibility index (Phi) is 6.14. The number of nitrogens with one attached hydrogen (secondary N) is 1. The minimum Gasteiger partial charge on any atom is -0.493 e. The lowest BCUT2D eigenvalue weighted by atomic mass is 10.1. The van der Waals surface area contributed by atoms with Crippen molar-refractivity contribution in [2.24, 2.45) is 0 Å². The lowest BCUT2D eigenvalue weighted by Gasteiger charge is -2.10. The van der Waals surface area contributed by atoms with Crippen molar-refractivity contribution in [2.75, 3.05) is 19.5 Å². The maximum atomic E-state index is 13.8. The van der Waals surface area contributed by atoms with Crippen molar-refractivity contribution in [3.8, 4) is 17.6 Å². The normalized spacial score (nSPS) is 10.8. The third-order valence-electron chi connectivity index (χ3n) is 3.26. The molecule has 5 nitrogen and oxygen atoms in total. The van der Waals surface area contributed by atoms with Crippen LogP contribution in [0.2, 0.25) is 0 Å². The van der Waals surface area contributed by atoms with Gasteiger partial charge in [0.05, 0.1) is 14.2 Å². The van der Waals surface area contributed by atoms with Crippen LogP contribution >= 0.6 is 15.9 Å². The molecule has 0 unspecified atom stereocenters. The zero-order valence-corrected chi connectivity index (χ0v) is 15.1. The number of nitriles is 1. The molecule has 128 valence electrons. The molecule has 2 aromatic rings. The molecule has 0 radical (unpaired) electrons. The van der Waals surface area contributed by atoms with E-state index in [1.165, 1.54) is 38.5 Å². The van der Waals surface area contributed by atoms with Crippen LogP contribution in [0, 0.1) is 17.1 Å². The molecule has 1 N–H and O–H groups in total. The minimum absolute atomic E-state index is 0.133. The Bertz CT molecular complexity index is 875. The monoisotopic (exact) mass is 404 g/mol. The molecule has 25 heavy (non-hydrogen) atoms. The topological polar surface area (TPSA) is 71.3 Å². The van der Waals surface area contributed by atoms with E-state index in [0.717, 1.165) is 0 Å². The van der Waals surface area contributed by atoms with Crippen molar-refractivity contribution in [1.29, 1.82) is 5.26 Å². The van der Waals surface area contributed by atoms with Gasteiger partial charge in [0, 0.05) is 21.8 Å². The molecular weight excluding hydrogens is 391 g/mol. The number of methoxy groups -OCH3 is 2. The number of benzene rings is 2. The summed E-state index contributed by atoms with van der Waals surface area (Å²) in [6, 6.07) is 10.8. The van der Waals surface area contributed by atoms with Gasteiger partial charge in [0.25, 0.3) is 5.91 Å². The summed E-state index contributed by atoms with van der Waals surface area (Å²) in [6.45, 7) is 0. The third kappa shape index (κ3) is 4.58. The van der Waals surface area contributed by atoms with Crippen molar-refractivity contribution in [2.45, 2.75) is 0 Å². The minimum atomic E-state index is -0.658. The summed E-state index contributed by atoms with van der Waals surface area (Å²) in [6.07, 6.45) is 1.19. The van der Waals surface area contributed by atoms with Gasteiger partial charge in [0.15, 0.2) is 11.5 Å². The Morgan fingerprint density at radius 2 is 1.92 bits per heavy atom. The maximum Gasteiger partial charge on any atom is 0.266 e. The van der Waals surface area contributed by atoms with Gasteiger partial charge in [0.1, 0.15) is 17.5 Å². The molecule has 1 amide bonds. The van der Waals surface area contributed by atoms with Gasteiger partial charge >= 0.3 is 0 Å². The first kappa shape index (κ1) is 18.5. The van der Waals surface area contributed by atoms with Gasteiger partial charge in [-0.3, -0.25) is 4.79 Å². The summed E-state index contributed by atoms with van der Waals surface area (Å²) >= 11 is 3.22. The van der Waals surface area contributed by atoms with Crippen LogP contribution in [-0.4, -0.2) is 20.1 Å². The lowest BCUT2D eigenvalue weighted by Crippen LogP contribution is -2.13. The molecule has 0 spiro atoms. The second-order valence-corrected chi connectivity index (χ2v) is 5.78. The van der Waals surface area contributed by atoms with E-state index in [-0.39, 0.29) is 11.1 Å². The fraction of sp³-hybridized carbons (Fsp3) is 0.111. The van der Waals surface area contributed by atoms with Crippen LogP contribution in [0.25, 0.3) is 6.08 Å². The number of rotatable bonds is 5. The maximum absolute atomic E-state index is 13.8. The van der Waals surface area contributed by atoms with Crippen LogP contribution in [0.5, 0.6) is 11.5 Å². The Hall–Kier alpha value is -2.85. The van der Waals surface area contributed by atoms with Crippen LogP contribution in [0.1, 0.15) is 5.56 Å². The molecule has 2 aromatic carbocycles. The van der Waals surface area contributed by atoms with Crippen LogP contribution in [0.15, 0.2) is 46.4 Å².